The maximum absolute atomic E-state index is 14.8. The molecule has 0 spiro atoms. The van der Waals surface area contributed by atoms with Crippen LogP contribution >= 0.6 is 0 Å². The summed E-state index contributed by atoms with van der Waals surface area (Å²) in [6.45, 7) is 7.53. The fourth-order valence-corrected chi connectivity index (χ4v) is 7.82. The molecule has 3 rings (SSSR count). The minimum absolute atomic E-state index is 0.0159. The van der Waals surface area contributed by atoms with E-state index in [0.29, 0.717) is 37.8 Å². The van der Waals surface area contributed by atoms with E-state index in [4.69, 9.17) is 9.29 Å². The number of benzene rings is 1. The lowest BCUT2D eigenvalue weighted by atomic mass is 9.91. The van der Waals surface area contributed by atoms with Crippen molar-refractivity contribution in [3.05, 3.63) is 35.9 Å². The average molecular weight is 926 g/mol. The molecule has 2 bridgehead atoms. The van der Waals surface area contributed by atoms with Crippen LogP contribution in [0.1, 0.15) is 85.1 Å². The Morgan fingerprint density at radius 3 is 2.17 bits per heavy atom. The SMILES string of the molecule is CC[C@H](C)[C@@H]1NC(=O)[C@H](Cc2ccccc2)N(C)C(=O)[C@H]([C@@H](C)CC)N2C(=O)[C@H](CC[C@H]2O)NC(=O)[C@H](CCCCN(C)C)NC(=O)[C@@H](NC(=O)[C@H](O)COS(=O)(=O)O)[C@@H](C)OC1=O. The van der Waals surface area contributed by atoms with Crippen molar-refractivity contribution >= 4 is 51.8 Å². The van der Waals surface area contributed by atoms with Gasteiger partial charge >= 0.3 is 16.4 Å². The fraction of sp³-hybridized carbons (Fsp3) is 0.690. The number of fused-ring (bicyclic) bond motifs is 2. The summed E-state index contributed by atoms with van der Waals surface area (Å²) in [6.07, 6.45) is -3.76. The van der Waals surface area contributed by atoms with Crippen LogP contribution in [-0.4, -0.2) is 168 Å². The first-order chi connectivity index (χ1) is 30.0. The van der Waals surface area contributed by atoms with E-state index in [0.717, 1.165) is 4.90 Å². The Balaban J connectivity index is 2.23. The smallest absolute Gasteiger partial charge is 0.397 e. The Morgan fingerprint density at radius 1 is 0.938 bits per heavy atom. The number of cyclic esters (lactones) is 1. The van der Waals surface area contributed by atoms with E-state index in [1.807, 2.05) is 19.0 Å². The summed E-state index contributed by atoms with van der Waals surface area (Å²) in [5.41, 5.74) is 0.652. The third-order valence-electron chi connectivity index (χ3n) is 11.8. The summed E-state index contributed by atoms with van der Waals surface area (Å²) < 4.78 is 41.2. The molecular formula is C42H67N7O14S. The standard InChI is InChI=1S/C42H67N7O14S/c1-9-24(3)33-42(58)63-26(5)34(46-38(54)31(50)23-62-64(59,60)61)39(55)43-28(18-14-15-21-47(6)7)36(52)44-29-19-20-32(51)49(40(29)56)35(25(4)10-2)41(57)48(8)30(37(53)45-33)22-27-16-12-11-13-17-27/h11-13,16-17,24-26,28-35,50-51H,9-10,14-15,18-23H2,1-8H3,(H,43,55)(H,44,52)(H,45,53)(H,46,54)(H,59,60,61)/t24-,25-,26+,28-,29-,30-,31+,32+,33-,34-,35-/m0/s1. The highest BCUT2D eigenvalue weighted by molar-refractivity contribution is 7.80. The minimum atomic E-state index is -5.10. The molecule has 2 saturated heterocycles. The number of rotatable bonds is 16. The second-order valence-electron chi connectivity index (χ2n) is 16.9. The number of nitrogens with one attached hydrogen (secondary N) is 4. The highest BCUT2D eigenvalue weighted by atomic mass is 32.3. The largest absolute Gasteiger partial charge is 0.458 e. The van der Waals surface area contributed by atoms with E-state index < -0.39 is 125 Å². The first-order valence-electron chi connectivity index (χ1n) is 21.7. The van der Waals surface area contributed by atoms with Crippen LogP contribution in [0.25, 0.3) is 0 Å². The second-order valence-corrected chi connectivity index (χ2v) is 18.0. The molecule has 0 aromatic heterocycles. The number of aliphatic hydroxyl groups excluding tert-OH is 2. The zero-order chi connectivity index (χ0) is 48.1. The molecule has 2 heterocycles. The van der Waals surface area contributed by atoms with Crippen molar-refractivity contribution in [3.63, 3.8) is 0 Å². The number of carbonyl (C=O) groups is 7. The number of nitrogens with zero attached hydrogens (tertiary/aromatic N) is 3. The van der Waals surface area contributed by atoms with Gasteiger partial charge in [-0.2, -0.15) is 8.42 Å². The van der Waals surface area contributed by atoms with Crippen molar-refractivity contribution in [1.29, 1.82) is 0 Å². The predicted molar refractivity (Wildman–Crippen MR) is 231 cm³/mol. The number of aliphatic hydroxyl groups is 2. The summed E-state index contributed by atoms with van der Waals surface area (Å²) in [5.74, 6) is -7.73. The van der Waals surface area contributed by atoms with Crippen molar-refractivity contribution in [2.45, 2.75) is 141 Å². The van der Waals surface area contributed by atoms with Crippen LogP contribution in [0.4, 0.5) is 0 Å². The van der Waals surface area contributed by atoms with Crippen LogP contribution in [0.5, 0.6) is 0 Å². The van der Waals surface area contributed by atoms with Crippen LogP contribution in [0.15, 0.2) is 30.3 Å². The van der Waals surface area contributed by atoms with Gasteiger partial charge in [0.1, 0.15) is 55.2 Å². The Kier molecular flexibility index (Phi) is 20.5. The van der Waals surface area contributed by atoms with Gasteiger partial charge in [0.05, 0.1) is 0 Å². The highest BCUT2D eigenvalue weighted by Crippen LogP contribution is 2.28. The van der Waals surface area contributed by atoms with Crippen LogP contribution in [0, 0.1) is 11.8 Å². The highest BCUT2D eigenvalue weighted by Gasteiger charge is 2.47. The quantitative estimate of drug-likeness (QED) is 0.0611. The van der Waals surface area contributed by atoms with Crippen molar-refractivity contribution < 1.29 is 65.7 Å². The van der Waals surface area contributed by atoms with Gasteiger partial charge in [0.2, 0.25) is 29.5 Å². The number of carbonyl (C=O) groups excluding carboxylic acids is 7. The zero-order valence-electron chi connectivity index (χ0n) is 37.9. The lowest BCUT2D eigenvalue weighted by Crippen LogP contribution is -2.66. The van der Waals surface area contributed by atoms with E-state index in [1.54, 1.807) is 58.0 Å². The van der Waals surface area contributed by atoms with Crippen molar-refractivity contribution in [3.8, 4) is 0 Å². The number of piperidine rings is 1. The molecule has 21 nitrogen and oxygen atoms in total. The van der Waals surface area contributed by atoms with E-state index in [-0.39, 0.29) is 25.7 Å². The molecule has 22 heteroatoms. The molecule has 64 heavy (non-hydrogen) atoms. The average Bonchev–Trinajstić information content (AvgIpc) is 3.24. The molecule has 1 aromatic rings. The first-order valence-corrected chi connectivity index (χ1v) is 23.0. The van der Waals surface area contributed by atoms with Gasteiger partial charge in [-0.1, -0.05) is 70.9 Å². The van der Waals surface area contributed by atoms with Crippen molar-refractivity contribution in [2.75, 3.05) is 34.3 Å². The molecular weight excluding hydrogens is 859 g/mol. The Labute approximate surface area is 375 Å². The number of esters is 1. The topological polar surface area (TPSA) is 291 Å². The lowest BCUT2D eigenvalue weighted by molar-refractivity contribution is -0.168. The van der Waals surface area contributed by atoms with Gasteiger partial charge in [-0.15, -0.1) is 0 Å². The van der Waals surface area contributed by atoms with Gasteiger partial charge in [0.25, 0.3) is 5.91 Å². The number of ether oxygens (including phenoxy) is 1. The molecule has 2 aliphatic rings. The molecule has 2 aliphatic heterocycles. The van der Waals surface area contributed by atoms with Gasteiger partial charge in [0, 0.05) is 13.5 Å². The van der Waals surface area contributed by atoms with Gasteiger partial charge in [-0.05, 0) is 77.1 Å². The van der Waals surface area contributed by atoms with Gasteiger partial charge in [0.15, 0.2) is 6.10 Å². The van der Waals surface area contributed by atoms with Crippen LogP contribution < -0.4 is 21.3 Å². The number of amides is 6. The van der Waals surface area contributed by atoms with Crippen molar-refractivity contribution in [2.24, 2.45) is 11.8 Å². The summed E-state index contributed by atoms with van der Waals surface area (Å²) in [7, 11) is 0.000781. The maximum atomic E-state index is 14.8. The predicted octanol–water partition coefficient (Wildman–Crippen LogP) is -0.746. The number of unbranched alkanes of at least 4 members (excludes halogenated alkanes) is 1. The molecule has 0 aliphatic carbocycles. The lowest BCUT2D eigenvalue weighted by Gasteiger charge is -2.44. The van der Waals surface area contributed by atoms with Gasteiger partial charge < -0.3 is 50.9 Å². The van der Waals surface area contributed by atoms with E-state index in [2.05, 4.69) is 25.5 Å². The van der Waals surface area contributed by atoms with Crippen LogP contribution in [-0.2, 0) is 59.3 Å². The number of hydrogen-bond donors (Lipinski definition) is 7. The first kappa shape index (κ1) is 53.6. The number of likely N-dealkylation sites (N-methyl/N-ethyl adjacent to an activating group) is 1. The summed E-state index contributed by atoms with van der Waals surface area (Å²) in [6, 6.07) is 0.270. The minimum Gasteiger partial charge on any atom is -0.458 e. The molecule has 11 atom stereocenters. The summed E-state index contributed by atoms with van der Waals surface area (Å²) in [5, 5.41) is 32.0. The molecule has 2 fully saturated rings. The third-order valence-corrected chi connectivity index (χ3v) is 12.2. The molecule has 360 valence electrons. The van der Waals surface area contributed by atoms with E-state index in [9.17, 15) is 52.2 Å². The van der Waals surface area contributed by atoms with Gasteiger partial charge in [-0.25, -0.2) is 8.98 Å². The molecule has 0 radical (unpaired) electrons. The van der Waals surface area contributed by atoms with Crippen LogP contribution in [0.3, 0.4) is 0 Å². The fourth-order valence-electron chi connectivity index (χ4n) is 7.52. The molecule has 0 saturated carbocycles. The molecule has 0 unspecified atom stereocenters. The second kappa shape index (κ2) is 24.5. The summed E-state index contributed by atoms with van der Waals surface area (Å²) >= 11 is 0. The van der Waals surface area contributed by atoms with Crippen LogP contribution in [0.2, 0.25) is 0 Å². The number of hydrogen-bond acceptors (Lipinski definition) is 14. The molecule has 6 amide bonds. The van der Waals surface area contributed by atoms with E-state index >= 15 is 0 Å². The summed E-state index contributed by atoms with van der Waals surface area (Å²) in [4.78, 5) is 104. The Hall–Kier alpha value is -4.74. The third kappa shape index (κ3) is 15.2. The van der Waals surface area contributed by atoms with Gasteiger partial charge in [-0.3, -0.25) is 33.3 Å². The maximum Gasteiger partial charge on any atom is 0.397 e. The molecule has 7 N–H and O–H groups in total. The normalized spacial score (nSPS) is 27.2. The van der Waals surface area contributed by atoms with E-state index in [1.165, 1.54) is 18.9 Å². The monoisotopic (exact) mass is 925 g/mol. The molecule has 1 aromatic carbocycles. The van der Waals surface area contributed by atoms with Crippen molar-refractivity contribution in [1.82, 2.24) is 36.0 Å². The Bertz CT molecular complexity index is 1890. The zero-order valence-corrected chi connectivity index (χ0v) is 38.7. The Morgan fingerprint density at radius 2 is 1.58 bits per heavy atom.